The number of aromatic amines is 1. The number of nitrogens with zero attached hydrogens (tertiary/aromatic N) is 1. The molecule has 2 aliphatic carbocycles. The van der Waals surface area contributed by atoms with E-state index in [-0.39, 0.29) is 36.5 Å². The Labute approximate surface area is 250 Å². The van der Waals surface area contributed by atoms with E-state index >= 15 is 0 Å². The summed E-state index contributed by atoms with van der Waals surface area (Å²) in [5.74, 6) is -4.69. The van der Waals surface area contributed by atoms with Crippen LogP contribution in [0.2, 0.25) is 0 Å². The summed E-state index contributed by atoms with van der Waals surface area (Å²) in [6.07, 6.45) is 7.26. The average molecular weight is 592 g/mol. The first-order valence-corrected chi connectivity index (χ1v) is 15.7. The lowest BCUT2D eigenvalue weighted by atomic mass is 9.66. The van der Waals surface area contributed by atoms with Crippen molar-refractivity contribution in [2.45, 2.75) is 75.8 Å². The number of amides is 4. The van der Waals surface area contributed by atoms with Crippen LogP contribution in [0.5, 0.6) is 5.75 Å². The molecule has 0 bridgehead atoms. The molecular weight excluding hydrogens is 550 g/mol. The first-order valence-electron chi connectivity index (χ1n) is 15.7. The highest BCUT2D eigenvalue weighted by Crippen LogP contribution is 2.54. The number of fused-ring (bicyclic) bond motifs is 2. The fraction of sp³-hybridized carbons (Fsp3) is 0.594. The Morgan fingerprint density at radius 2 is 1.88 bits per heavy atom. The molecule has 0 spiro atoms. The van der Waals surface area contributed by atoms with Gasteiger partial charge in [-0.2, -0.15) is 0 Å². The molecule has 230 valence electrons. The molecule has 1 aromatic carbocycles. The van der Waals surface area contributed by atoms with Gasteiger partial charge in [0, 0.05) is 36.0 Å². The number of H-pyrrole nitrogens is 1. The van der Waals surface area contributed by atoms with Gasteiger partial charge >= 0.3 is 0 Å². The maximum absolute atomic E-state index is 14.4. The highest BCUT2D eigenvalue weighted by Gasteiger charge is 2.66. The largest absolute Gasteiger partial charge is 0.496 e. The molecule has 5 atom stereocenters. The van der Waals surface area contributed by atoms with Crippen LogP contribution in [0.4, 0.5) is 0 Å². The van der Waals surface area contributed by atoms with Crippen molar-refractivity contribution in [2.24, 2.45) is 29.4 Å². The van der Waals surface area contributed by atoms with Gasteiger partial charge in [0.05, 0.1) is 13.0 Å². The minimum Gasteiger partial charge on any atom is -0.496 e. The van der Waals surface area contributed by atoms with Crippen molar-refractivity contribution < 1.29 is 28.7 Å². The number of rotatable bonds is 9. The van der Waals surface area contributed by atoms with Gasteiger partial charge < -0.3 is 31.0 Å². The van der Waals surface area contributed by atoms with Crippen molar-refractivity contribution in [3.8, 4) is 5.75 Å². The van der Waals surface area contributed by atoms with Crippen LogP contribution >= 0.6 is 0 Å². The third kappa shape index (κ3) is 4.96. The molecule has 3 heterocycles. The van der Waals surface area contributed by atoms with E-state index in [0.29, 0.717) is 36.0 Å². The maximum atomic E-state index is 14.4. The second-order valence-corrected chi connectivity index (χ2v) is 12.7. The number of hydrogen-bond donors (Lipinski definition) is 4. The van der Waals surface area contributed by atoms with Crippen LogP contribution < -0.4 is 21.1 Å². The zero-order valence-corrected chi connectivity index (χ0v) is 24.7. The van der Waals surface area contributed by atoms with Crippen LogP contribution in [-0.4, -0.2) is 71.1 Å². The molecule has 1 aromatic heterocycles. The van der Waals surface area contributed by atoms with Crippen molar-refractivity contribution in [3.05, 3.63) is 30.0 Å². The molecule has 11 nitrogen and oxygen atoms in total. The summed E-state index contributed by atoms with van der Waals surface area (Å²) in [6.45, 7) is 0.692. The summed E-state index contributed by atoms with van der Waals surface area (Å²) in [5, 5.41) is 6.43. The van der Waals surface area contributed by atoms with Crippen molar-refractivity contribution in [3.63, 3.8) is 0 Å². The van der Waals surface area contributed by atoms with E-state index in [1.165, 1.54) is 4.90 Å². The number of aromatic nitrogens is 1. The van der Waals surface area contributed by atoms with Gasteiger partial charge in [0.1, 0.15) is 17.0 Å². The quantitative estimate of drug-likeness (QED) is 0.327. The predicted molar refractivity (Wildman–Crippen MR) is 158 cm³/mol. The molecule has 6 rings (SSSR count). The molecule has 43 heavy (non-hydrogen) atoms. The summed E-state index contributed by atoms with van der Waals surface area (Å²) in [6, 6.07) is 7.01. The van der Waals surface area contributed by atoms with Gasteiger partial charge in [-0.3, -0.25) is 24.0 Å². The maximum Gasteiger partial charge on any atom is 0.287 e. The monoisotopic (exact) mass is 591 g/mol. The van der Waals surface area contributed by atoms with Gasteiger partial charge in [-0.05, 0) is 68.6 Å². The number of hydrogen-bond acceptors (Lipinski definition) is 6. The van der Waals surface area contributed by atoms with Crippen LogP contribution in [0.25, 0.3) is 10.9 Å². The lowest BCUT2D eigenvalue weighted by Gasteiger charge is -2.44. The Kier molecular flexibility index (Phi) is 7.91. The zero-order chi connectivity index (χ0) is 30.3. The number of nitrogens with one attached hydrogen (secondary N) is 3. The molecule has 2 aliphatic heterocycles. The fourth-order valence-corrected chi connectivity index (χ4v) is 8.47. The number of carbonyl (C=O) groups excluding carboxylic acids is 5. The van der Waals surface area contributed by atoms with Crippen molar-refractivity contribution in [1.82, 2.24) is 20.5 Å². The normalized spacial score (nSPS) is 28.0. The zero-order valence-electron chi connectivity index (χ0n) is 24.7. The first-order chi connectivity index (χ1) is 20.7. The van der Waals surface area contributed by atoms with Gasteiger partial charge in [0.2, 0.25) is 17.6 Å². The van der Waals surface area contributed by atoms with Gasteiger partial charge in [0.25, 0.3) is 11.8 Å². The van der Waals surface area contributed by atoms with Crippen molar-refractivity contribution in [1.29, 1.82) is 0 Å². The molecule has 4 amide bonds. The minimum absolute atomic E-state index is 0.0286. The fourth-order valence-electron chi connectivity index (χ4n) is 8.47. The third-order valence-electron chi connectivity index (χ3n) is 10.5. The Balaban J connectivity index is 1.43. The Hall–Kier alpha value is -3.89. The molecule has 5 N–H and O–H groups in total. The van der Waals surface area contributed by atoms with Crippen LogP contribution in [-0.2, 0) is 19.2 Å². The number of likely N-dealkylation sites (tertiary alicyclic amines) is 1. The van der Waals surface area contributed by atoms with E-state index < -0.39 is 46.8 Å². The van der Waals surface area contributed by atoms with E-state index in [9.17, 15) is 24.0 Å². The molecule has 0 radical (unpaired) electrons. The number of ketones is 1. The van der Waals surface area contributed by atoms with Crippen LogP contribution in [0, 0.1) is 23.7 Å². The number of benzene rings is 1. The van der Waals surface area contributed by atoms with Crippen LogP contribution in [0.1, 0.15) is 74.7 Å². The molecule has 4 aliphatic rings. The Bertz CT molecular complexity index is 1450. The lowest BCUT2D eigenvalue weighted by molar-refractivity contribution is -0.149. The van der Waals surface area contributed by atoms with E-state index in [4.69, 9.17) is 10.5 Å². The van der Waals surface area contributed by atoms with Gasteiger partial charge in [0.15, 0.2) is 0 Å². The highest BCUT2D eigenvalue weighted by atomic mass is 16.5. The number of carbonyl (C=O) groups is 5. The lowest BCUT2D eigenvalue weighted by Crippen LogP contribution is -2.66. The standard InChI is InChI=1S/C32H41N5O6/c1-43-26-12-6-11-24-21(26)16-25(36-24)30(41)37-17-19-7-5-10-22(19)32(37,31(33)42)23(15-18-13-14-34-28(18)39)27(38)29(40)35-20-8-3-2-4-9-20/h6,11-12,16,18-20,22-23,36H,2-5,7-10,13-15,17H2,1H3,(H2,33,42)(H,34,39)(H,35,40)/t18-,19?,22?,23-,32?/m1/s1. The second-order valence-electron chi connectivity index (χ2n) is 12.7. The predicted octanol–water partition coefficient (Wildman–Crippen LogP) is 2.43. The van der Waals surface area contributed by atoms with E-state index in [1.807, 2.05) is 12.1 Å². The molecule has 2 aromatic rings. The average Bonchev–Trinajstić information content (AvgIpc) is 3.79. The van der Waals surface area contributed by atoms with Crippen LogP contribution in [0.15, 0.2) is 24.3 Å². The minimum atomic E-state index is -1.75. The third-order valence-corrected chi connectivity index (χ3v) is 10.5. The highest BCUT2D eigenvalue weighted by molar-refractivity contribution is 6.38. The summed E-state index contributed by atoms with van der Waals surface area (Å²) in [5.41, 5.74) is 5.48. The van der Waals surface area contributed by atoms with E-state index in [2.05, 4.69) is 15.6 Å². The molecule has 3 unspecified atom stereocenters. The smallest absolute Gasteiger partial charge is 0.287 e. The summed E-state index contributed by atoms with van der Waals surface area (Å²) < 4.78 is 5.48. The summed E-state index contributed by atoms with van der Waals surface area (Å²) in [4.78, 5) is 73.7. The number of nitrogens with two attached hydrogens (primary N) is 1. The molecule has 11 heteroatoms. The SMILES string of the molecule is COc1cccc2[nH]c(C(=O)N3CC4CCCC4C3(C(N)=O)[C@H](C[C@H]3CCNC3=O)C(=O)C(=O)NC3CCCCC3)cc12. The van der Waals surface area contributed by atoms with Gasteiger partial charge in [-0.15, -0.1) is 0 Å². The number of methoxy groups -OCH3 is 1. The van der Waals surface area contributed by atoms with Gasteiger partial charge in [-0.25, -0.2) is 0 Å². The van der Waals surface area contributed by atoms with Crippen molar-refractivity contribution in [2.75, 3.05) is 20.2 Å². The van der Waals surface area contributed by atoms with Crippen LogP contribution in [0.3, 0.4) is 0 Å². The topological polar surface area (TPSA) is 164 Å². The number of ether oxygens (including phenoxy) is 1. The summed E-state index contributed by atoms with van der Waals surface area (Å²) >= 11 is 0. The van der Waals surface area contributed by atoms with E-state index in [0.717, 1.165) is 44.9 Å². The second kappa shape index (κ2) is 11.7. The summed E-state index contributed by atoms with van der Waals surface area (Å²) in [7, 11) is 1.55. The molecule has 2 saturated heterocycles. The van der Waals surface area contributed by atoms with Gasteiger partial charge in [-0.1, -0.05) is 31.7 Å². The number of primary amides is 1. The van der Waals surface area contributed by atoms with E-state index in [1.54, 1.807) is 19.2 Å². The first kappa shape index (κ1) is 29.2. The molecule has 2 saturated carbocycles. The molecule has 4 fully saturated rings. The molecular formula is C32H41N5O6. The Morgan fingerprint density at radius 3 is 2.58 bits per heavy atom. The van der Waals surface area contributed by atoms with Crippen molar-refractivity contribution >= 4 is 40.3 Å². The number of Topliss-reactive ketones (excluding diaryl/α,β-unsaturated/α-hetero) is 1. The Morgan fingerprint density at radius 1 is 1.09 bits per heavy atom.